The van der Waals surface area contributed by atoms with Crippen LogP contribution in [0.4, 0.5) is 50.3 Å². The lowest BCUT2D eigenvalue weighted by Gasteiger charge is -2.30. The van der Waals surface area contributed by atoms with Gasteiger partial charge in [0.1, 0.15) is 16.7 Å². The number of nitrogens with two attached hydrogens (primary N) is 1. The molecule has 0 radical (unpaired) electrons. The predicted molar refractivity (Wildman–Crippen MR) is 245 cm³/mol. The second-order valence-corrected chi connectivity index (χ2v) is 17.3. The fraction of sp³-hybridized carbons (Fsp3) is 0.279. The Morgan fingerprint density at radius 3 is 1.51 bits per heavy atom. The topological polar surface area (TPSA) is 120 Å². The first-order chi connectivity index (χ1) is 27.4. The number of halogens is 2. The van der Waals surface area contributed by atoms with E-state index in [2.05, 4.69) is 15.0 Å². The first-order valence-corrected chi connectivity index (χ1v) is 19.7. The highest BCUT2D eigenvalue weighted by Gasteiger charge is 2.51. The van der Waals surface area contributed by atoms with Gasteiger partial charge in [-0.1, -0.05) is 35.3 Å². The third kappa shape index (κ3) is 8.68. The van der Waals surface area contributed by atoms with Crippen LogP contribution >= 0.6 is 47.6 Å². The number of hydrogen-bond donors (Lipinski definition) is 2. The Bertz CT molecular complexity index is 2520. The van der Waals surface area contributed by atoms with E-state index < -0.39 is 22.8 Å². The van der Waals surface area contributed by atoms with E-state index in [1.165, 1.54) is 9.80 Å². The molecule has 0 bridgehead atoms. The predicted octanol–water partition coefficient (Wildman–Crippen LogP) is 11.2. The molecule has 2 fully saturated rings. The summed E-state index contributed by atoms with van der Waals surface area (Å²) in [4.78, 5) is 52.2. The first-order valence-electron chi connectivity index (χ1n) is 18.1. The van der Waals surface area contributed by atoms with Gasteiger partial charge in [0.2, 0.25) is 0 Å². The lowest BCUT2D eigenvalue weighted by Crippen LogP contribution is -2.44. The molecule has 16 heteroatoms. The van der Waals surface area contributed by atoms with E-state index >= 15 is 0 Å². The van der Waals surface area contributed by atoms with Crippen molar-refractivity contribution in [2.45, 2.75) is 79.0 Å². The molecule has 0 aliphatic carbocycles. The molecule has 6 rings (SSSR count). The van der Waals surface area contributed by atoms with Crippen molar-refractivity contribution in [2.75, 3.05) is 30.7 Å². The van der Waals surface area contributed by atoms with Crippen molar-refractivity contribution in [3.63, 3.8) is 0 Å². The number of amides is 3. The van der Waals surface area contributed by atoms with Gasteiger partial charge >= 0.3 is 6.09 Å². The van der Waals surface area contributed by atoms with Crippen molar-refractivity contribution in [3.05, 3.63) is 117 Å². The smallest absolute Gasteiger partial charge is 0.412 e. The van der Waals surface area contributed by atoms with Gasteiger partial charge in [0, 0.05) is 22.7 Å². The first kappa shape index (κ1) is 44.3. The molecule has 0 atom stereocenters. The third-order valence-electron chi connectivity index (χ3n) is 9.54. The monoisotopic (exact) mass is 868 g/mol. The average molecular weight is 870 g/mol. The molecule has 59 heavy (non-hydrogen) atoms. The van der Waals surface area contributed by atoms with Crippen LogP contribution in [0.15, 0.2) is 72.8 Å². The lowest BCUT2D eigenvalue weighted by molar-refractivity contribution is -0.121. The Kier molecular flexibility index (Phi) is 12.4. The molecule has 0 aromatic heterocycles. The second-order valence-electron chi connectivity index (χ2n) is 15.8. The zero-order chi connectivity index (χ0) is 43.9. The van der Waals surface area contributed by atoms with E-state index in [9.17, 15) is 14.4 Å². The highest BCUT2D eigenvalue weighted by atomic mass is 35.5. The maximum atomic E-state index is 13.4. The van der Waals surface area contributed by atoms with Crippen LogP contribution in [0, 0.1) is 27.0 Å². The van der Waals surface area contributed by atoms with Gasteiger partial charge in [0.15, 0.2) is 21.6 Å². The van der Waals surface area contributed by atoms with Crippen molar-refractivity contribution in [1.82, 2.24) is 0 Å². The van der Waals surface area contributed by atoms with E-state index in [-0.39, 0.29) is 16.9 Å². The van der Waals surface area contributed by atoms with Gasteiger partial charge in [-0.2, -0.15) is 0 Å². The Morgan fingerprint density at radius 2 is 1.12 bits per heavy atom. The van der Waals surface area contributed by atoms with E-state index in [0.717, 1.165) is 11.1 Å². The maximum absolute atomic E-state index is 13.4. The number of anilines is 6. The number of hydrogen-bond acceptors (Lipinski definition) is 7. The summed E-state index contributed by atoms with van der Waals surface area (Å²) in [6, 6.07) is 20.6. The van der Waals surface area contributed by atoms with Gasteiger partial charge in [-0.3, -0.25) is 24.7 Å². The largest absolute Gasteiger partial charge is 0.444 e. The molecular formula is C43H42Cl2N8O4S2. The SMILES string of the molecule is [C-]#[N+]c1ccc(N2C(=O)C(C)(C)N(c3ccc(Cl)c(N)c3)C2=S)cc1C.[C-]#[N+]c1ccc(N2C(=O)C(C)(C)N(c3ccc(Cl)c(NC(=O)OC(C)(C)C)c3)C2=S)cc1C. The Labute approximate surface area is 365 Å². The quantitative estimate of drug-likeness (QED) is 0.115. The Hall–Kier alpha value is -5.77. The zero-order valence-corrected chi connectivity index (χ0v) is 37.0. The van der Waals surface area contributed by atoms with Gasteiger partial charge < -0.3 is 20.3 Å². The molecular weight excluding hydrogens is 828 g/mol. The standard InChI is InChI=1S/C24H25ClN4O3S.C19H17ClN4OS/c1-14-12-15(9-11-18(14)26-7)28-20(30)24(5,6)29(22(28)33)16-8-10-17(25)19(13-16)27-21(31)32-23(2,3)4;1-11-9-12(6-8-16(11)22-4)23-17(25)19(2,3)24(18(23)26)13-5-7-14(20)15(21)10-13/h8-13H,1-6H3,(H,27,31);5-10H,21H2,1-3H3. The van der Waals surface area contributed by atoms with Gasteiger partial charge in [-0.15, -0.1) is 0 Å². The molecule has 0 saturated carbocycles. The fourth-order valence-corrected chi connectivity index (χ4v) is 7.88. The van der Waals surface area contributed by atoms with Crippen LogP contribution < -0.4 is 30.7 Å². The van der Waals surface area contributed by atoms with E-state index in [1.807, 2.05) is 27.7 Å². The van der Waals surface area contributed by atoms with Crippen molar-refractivity contribution in [2.24, 2.45) is 0 Å². The number of aryl methyl sites for hydroxylation is 2. The summed E-state index contributed by atoms with van der Waals surface area (Å²) in [6.45, 7) is 30.5. The number of benzene rings is 4. The third-order valence-corrected chi connectivity index (χ3v) is 10.9. The van der Waals surface area contributed by atoms with Crippen molar-refractivity contribution < 1.29 is 19.1 Å². The summed E-state index contributed by atoms with van der Waals surface area (Å²) in [6.07, 6.45) is -0.641. The minimum Gasteiger partial charge on any atom is -0.444 e. The highest BCUT2D eigenvalue weighted by Crippen LogP contribution is 2.41. The summed E-state index contributed by atoms with van der Waals surface area (Å²) in [5, 5.41) is 4.07. The van der Waals surface area contributed by atoms with Crippen molar-refractivity contribution in [1.29, 1.82) is 0 Å². The molecule has 0 spiro atoms. The summed E-state index contributed by atoms with van der Waals surface area (Å²) in [5.74, 6) is -0.356. The number of ether oxygens (including phenoxy) is 1. The normalized spacial score (nSPS) is 15.7. The van der Waals surface area contributed by atoms with Crippen LogP contribution in [0.25, 0.3) is 9.69 Å². The van der Waals surface area contributed by atoms with E-state index in [1.54, 1.807) is 117 Å². The molecule has 4 aromatic carbocycles. The fourth-order valence-electron chi connectivity index (χ4n) is 6.55. The summed E-state index contributed by atoms with van der Waals surface area (Å²) < 4.78 is 5.31. The van der Waals surface area contributed by atoms with E-state index in [0.29, 0.717) is 60.7 Å². The molecule has 0 unspecified atom stereocenters. The van der Waals surface area contributed by atoms with Gasteiger partial charge in [0.05, 0.1) is 34.6 Å². The molecule has 12 nitrogen and oxygen atoms in total. The summed E-state index contributed by atoms with van der Waals surface area (Å²) in [7, 11) is 0. The van der Waals surface area contributed by atoms with Crippen LogP contribution in [-0.4, -0.2) is 44.8 Å². The number of nitrogen functional groups attached to an aromatic ring is 1. The molecule has 3 amide bonds. The Morgan fingerprint density at radius 1 is 0.712 bits per heavy atom. The number of carbonyl (C=O) groups is 3. The van der Waals surface area contributed by atoms with Crippen molar-refractivity contribution >= 4 is 121 Å². The minimum atomic E-state index is -1.000. The van der Waals surface area contributed by atoms with Crippen LogP contribution in [0.1, 0.15) is 59.6 Å². The van der Waals surface area contributed by atoms with Crippen molar-refractivity contribution in [3.8, 4) is 0 Å². The lowest BCUT2D eigenvalue weighted by atomic mass is 10.0. The van der Waals surface area contributed by atoms with Crippen LogP contribution in [0.3, 0.4) is 0 Å². The molecule has 4 aromatic rings. The summed E-state index contributed by atoms with van der Waals surface area (Å²) >= 11 is 23.7. The van der Waals surface area contributed by atoms with Gasteiger partial charge in [-0.25, -0.2) is 14.5 Å². The number of nitrogens with one attached hydrogen (secondary N) is 1. The minimum absolute atomic E-state index is 0.147. The van der Waals surface area contributed by atoms with Crippen LogP contribution in [0.2, 0.25) is 10.0 Å². The zero-order valence-electron chi connectivity index (χ0n) is 33.9. The second kappa shape index (κ2) is 16.5. The molecule has 304 valence electrons. The molecule has 2 aliphatic rings. The van der Waals surface area contributed by atoms with Gasteiger partial charge in [-0.05, 0) is 159 Å². The summed E-state index contributed by atoms with van der Waals surface area (Å²) in [5.41, 5.74) is 9.27. The van der Waals surface area contributed by atoms with Gasteiger partial charge in [0.25, 0.3) is 11.8 Å². The number of rotatable bonds is 5. The number of thiocarbonyl (C=S) groups is 2. The highest BCUT2D eigenvalue weighted by molar-refractivity contribution is 7.81. The number of nitrogens with zero attached hydrogens (tertiary/aromatic N) is 6. The average Bonchev–Trinajstić information content (AvgIpc) is 3.43. The Balaban J connectivity index is 0.000000230. The molecule has 2 aliphatic heterocycles. The molecule has 3 N–H and O–H groups in total. The van der Waals surface area contributed by atoms with E-state index in [4.69, 9.17) is 71.3 Å². The van der Waals surface area contributed by atoms with Crippen LogP contribution in [0.5, 0.6) is 0 Å². The van der Waals surface area contributed by atoms with Crippen LogP contribution in [-0.2, 0) is 14.3 Å². The molecule has 2 heterocycles. The maximum Gasteiger partial charge on any atom is 0.412 e. The number of carbonyl (C=O) groups excluding carboxylic acids is 3. The molecule has 2 saturated heterocycles.